The third kappa shape index (κ3) is 7.40. The van der Waals surface area contributed by atoms with Crippen molar-refractivity contribution < 1.29 is 24.6 Å². The Kier molecular flexibility index (Phi) is 10.2. The Balaban J connectivity index is 0.969. The number of benzene rings is 8. The number of fused-ring (bicyclic) bond motifs is 5. The quantitative estimate of drug-likeness (QED) is 0.0794. The molecule has 1 amide bonds. The number of phenols is 2. The van der Waals surface area contributed by atoms with E-state index >= 15 is 0 Å². The Morgan fingerprint density at radius 1 is 0.600 bits per heavy atom. The minimum Gasteiger partial charge on any atom is -0.505 e. The molecule has 9 rings (SSSR count). The van der Waals surface area contributed by atoms with Crippen LogP contribution in [0.2, 0.25) is 10.0 Å². The summed E-state index contributed by atoms with van der Waals surface area (Å²) in [5.74, 6) is -1.26. The number of hydrogen-bond donors (Lipinski definition) is 4. The van der Waals surface area contributed by atoms with E-state index in [9.17, 15) is 19.8 Å². The predicted octanol–water partition coefficient (Wildman–Crippen LogP) is 13.5. The molecule has 0 heterocycles. The van der Waals surface area contributed by atoms with E-state index in [0.717, 1.165) is 10.9 Å². The van der Waals surface area contributed by atoms with Gasteiger partial charge in [-0.3, -0.25) is 19.9 Å². The second kappa shape index (κ2) is 16.1. The van der Waals surface area contributed by atoms with Crippen LogP contribution in [0.25, 0.3) is 32.7 Å². The van der Waals surface area contributed by atoms with E-state index in [4.69, 9.17) is 28.0 Å². The van der Waals surface area contributed by atoms with Crippen molar-refractivity contribution in [2.45, 2.75) is 6.61 Å². The molecule has 8 aromatic rings. The Hall–Kier alpha value is -7.44. The lowest BCUT2D eigenvalue weighted by molar-refractivity contribution is 0.102. The molecule has 1 aliphatic carbocycles. The van der Waals surface area contributed by atoms with E-state index in [1.165, 1.54) is 0 Å². The number of aromatic hydroxyl groups is 2. The van der Waals surface area contributed by atoms with E-state index in [1.807, 2.05) is 42.5 Å². The van der Waals surface area contributed by atoms with Gasteiger partial charge in [-0.25, -0.2) is 0 Å². The van der Waals surface area contributed by atoms with Crippen LogP contribution in [0.4, 0.5) is 34.1 Å². The number of carbonyl (C=O) groups excluding carboxylic acids is 2. The van der Waals surface area contributed by atoms with Crippen molar-refractivity contribution in [2.24, 2.45) is 20.5 Å². The fraction of sp³-hybridized carbons (Fsp3) is 0.0213. The van der Waals surface area contributed by atoms with Gasteiger partial charge in [-0.05, 0) is 88.6 Å². The van der Waals surface area contributed by atoms with E-state index in [1.54, 1.807) is 103 Å². The van der Waals surface area contributed by atoms with Gasteiger partial charge in [0.15, 0.2) is 11.5 Å². The number of azo groups is 2. The Morgan fingerprint density at radius 2 is 1.20 bits per heavy atom. The maximum Gasteiger partial charge on any atom is 0.259 e. The van der Waals surface area contributed by atoms with Crippen LogP contribution in [0.3, 0.4) is 0 Å². The zero-order chi connectivity index (χ0) is 41.3. The SMILES string of the molecule is O=C1c2cc(N=Nc3c(O)c(CONc4cccc(Cl)c4)cc4ccccc34)ccc2-c2ccc(N=Nc3c(O)c(C(=O)Nc4ccccc4Cl)cc4ccccc34)cc21. The molecule has 1 aliphatic rings. The molecule has 13 heteroatoms. The van der Waals surface area contributed by atoms with Gasteiger partial charge in [-0.1, -0.05) is 102 Å². The monoisotopic (exact) mass is 828 g/mol. The molecule has 0 fully saturated rings. The number of halogens is 2. The molecular formula is C47H30Cl2N6O5. The Morgan fingerprint density at radius 3 is 1.85 bits per heavy atom. The maximum absolute atomic E-state index is 13.9. The molecule has 0 radical (unpaired) electrons. The third-order valence-corrected chi connectivity index (χ3v) is 10.6. The summed E-state index contributed by atoms with van der Waals surface area (Å²) in [6, 6.07) is 42.3. The van der Waals surface area contributed by atoms with Crippen molar-refractivity contribution in [1.29, 1.82) is 0 Å². The second-order valence-corrected chi connectivity index (χ2v) is 14.7. The summed E-state index contributed by atoms with van der Waals surface area (Å²) in [6.45, 7) is 0.0185. The summed E-state index contributed by atoms with van der Waals surface area (Å²) in [5.41, 5.74) is 7.76. The smallest absolute Gasteiger partial charge is 0.259 e. The van der Waals surface area contributed by atoms with Crippen LogP contribution in [0, 0.1) is 0 Å². The van der Waals surface area contributed by atoms with Crippen LogP contribution in [-0.2, 0) is 11.4 Å². The average molecular weight is 830 g/mol. The molecule has 0 aliphatic heterocycles. The molecular weight excluding hydrogens is 799 g/mol. The molecule has 0 atom stereocenters. The molecule has 0 saturated carbocycles. The number of carbonyl (C=O) groups is 2. The zero-order valence-corrected chi connectivity index (χ0v) is 32.7. The van der Waals surface area contributed by atoms with Crippen LogP contribution in [-0.4, -0.2) is 21.9 Å². The maximum atomic E-state index is 13.9. The van der Waals surface area contributed by atoms with Crippen LogP contribution in [0.15, 0.2) is 166 Å². The Bertz CT molecular complexity index is 3120. The minimum absolute atomic E-state index is 0.0116. The Labute approximate surface area is 352 Å². The van der Waals surface area contributed by atoms with E-state index in [0.29, 0.717) is 71.2 Å². The highest BCUT2D eigenvalue weighted by molar-refractivity contribution is 6.34. The summed E-state index contributed by atoms with van der Waals surface area (Å²) in [7, 11) is 0. The number of rotatable bonds is 10. The van der Waals surface area contributed by atoms with Crippen molar-refractivity contribution >= 4 is 90.6 Å². The lowest BCUT2D eigenvalue weighted by Gasteiger charge is -2.12. The van der Waals surface area contributed by atoms with Gasteiger partial charge < -0.3 is 15.5 Å². The van der Waals surface area contributed by atoms with Crippen molar-refractivity contribution in [3.63, 3.8) is 0 Å². The highest BCUT2D eigenvalue weighted by atomic mass is 35.5. The molecule has 11 nitrogen and oxygen atoms in total. The lowest BCUT2D eigenvalue weighted by atomic mass is 10.0. The van der Waals surface area contributed by atoms with Crippen molar-refractivity contribution in [3.8, 4) is 22.6 Å². The van der Waals surface area contributed by atoms with Gasteiger partial charge >= 0.3 is 0 Å². The van der Waals surface area contributed by atoms with E-state index < -0.39 is 5.91 Å². The van der Waals surface area contributed by atoms with Gasteiger partial charge in [0.25, 0.3) is 5.91 Å². The predicted molar refractivity (Wildman–Crippen MR) is 234 cm³/mol. The number of para-hydroxylation sites is 1. The van der Waals surface area contributed by atoms with Gasteiger partial charge in [0.2, 0.25) is 0 Å². The first-order chi connectivity index (χ1) is 29.2. The van der Waals surface area contributed by atoms with Crippen LogP contribution >= 0.6 is 23.2 Å². The normalized spacial score (nSPS) is 12.1. The fourth-order valence-electron chi connectivity index (χ4n) is 7.07. The molecule has 4 N–H and O–H groups in total. The first kappa shape index (κ1) is 38.1. The fourth-order valence-corrected chi connectivity index (χ4v) is 7.45. The first-order valence-electron chi connectivity index (χ1n) is 18.6. The molecule has 0 saturated heterocycles. The van der Waals surface area contributed by atoms with Gasteiger partial charge in [0.05, 0.1) is 33.3 Å². The lowest BCUT2D eigenvalue weighted by Crippen LogP contribution is -2.12. The summed E-state index contributed by atoms with van der Waals surface area (Å²) in [4.78, 5) is 32.9. The van der Waals surface area contributed by atoms with Gasteiger partial charge in [-0.15, -0.1) is 10.2 Å². The molecule has 8 aromatic carbocycles. The largest absolute Gasteiger partial charge is 0.505 e. The van der Waals surface area contributed by atoms with Gasteiger partial charge in [0, 0.05) is 32.5 Å². The van der Waals surface area contributed by atoms with Crippen LogP contribution < -0.4 is 10.8 Å². The van der Waals surface area contributed by atoms with Crippen molar-refractivity contribution in [3.05, 3.63) is 178 Å². The molecule has 0 spiro atoms. The zero-order valence-electron chi connectivity index (χ0n) is 31.2. The second-order valence-electron chi connectivity index (χ2n) is 13.8. The number of phenolic OH excluding ortho intramolecular Hbond substituents is 2. The van der Waals surface area contributed by atoms with Gasteiger partial charge in [0.1, 0.15) is 23.7 Å². The van der Waals surface area contributed by atoms with Crippen LogP contribution in [0.1, 0.15) is 31.8 Å². The number of ketones is 1. The molecule has 0 aromatic heterocycles. The highest BCUT2D eigenvalue weighted by Gasteiger charge is 2.28. The van der Waals surface area contributed by atoms with E-state index in [-0.39, 0.29) is 40.8 Å². The number of nitrogens with one attached hydrogen (secondary N) is 2. The summed E-state index contributed by atoms with van der Waals surface area (Å²) >= 11 is 12.3. The summed E-state index contributed by atoms with van der Waals surface area (Å²) in [5, 5.41) is 46.8. The van der Waals surface area contributed by atoms with Gasteiger partial charge in [-0.2, -0.15) is 10.2 Å². The highest BCUT2D eigenvalue weighted by Crippen LogP contribution is 2.44. The molecule has 0 bridgehead atoms. The molecule has 0 unspecified atom stereocenters. The number of anilines is 2. The first-order valence-corrected chi connectivity index (χ1v) is 19.3. The summed E-state index contributed by atoms with van der Waals surface area (Å²) < 4.78 is 0. The van der Waals surface area contributed by atoms with Crippen molar-refractivity contribution in [2.75, 3.05) is 10.8 Å². The molecule has 292 valence electrons. The topological polar surface area (TPSA) is 157 Å². The minimum atomic E-state index is -0.575. The third-order valence-electron chi connectivity index (χ3n) is 9.99. The van der Waals surface area contributed by atoms with Crippen molar-refractivity contribution in [1.82, 2.24) is 0 Å². The number of hydrogen-bond acceptors (Lipinski definition) is 10. The average Bonchev–Trinajstić information content (AvgIpc) is 3.53. The van der Waals surface area contributed by atoms with E-state index in [2.05, 4.69) is 31.3 Å². The standard InChI is InChI=1S/C47H30Cl2N6O5/c48-29-10-7-11-32(22-29)55-60-25-28-20-26-8-1-3-12-33(26)42(44(28)56)53-51-30-16-18-35-36-19-17-31(24-38(36)45(57)37(35)23-30)52-54-43-34-13-4-2-9-27(34)21-39(46(43)58)47(59)50-41-15-6-5-14-40(41)49/h1-24,55-56,58H,25H2,(H,50,59). The summed E-state index contributed by atoms with van der Waals surface area (Å²) in [6.07, 6.45) is 0. The number of amides is 1. The van der Waals surface area contributed by atoms with Crippen LogP contribution in [0.5, 0.6) is 11.5 Å². The number of nitrogens with zero attached hydrogens (tertiary/aromatic N) is 4. The molecule has 60 heavy (non-hydrogen) atoms.